The third-order valence-electron chi connectivity index (χ3n) is 5.91. The Morgan fingerprint density at radius 3 is 2.69 bits per heavy atom. The van der Waals surface area contributed by atoms with Crippen molar-refractivity contribution in [3.05, 3.63) is 62.0 Å². The van der Waals surface area contributed by atoms with E-state index in [0.29, 0.717) is 24.2 Å². The van der Waals surface area contributed by atoms with Crippen LogP contribution in [0.3, 0.4) is 0 Å². The summed E-state index contributed by atoms with van der Waals surface area (Å²) in [4.78, 5) is 28.5. The second-order valence-electron chi connectivity index (χ2n) is 7.72. The van der Waals surface area contributed by atoms with Gasteiger partial charge < -0.3 is 5.32 Å². The van der Waals surface area contributed by atoms with Gasteiger partial charge in [-0.1, -0.05) is 31.4 Å². The Labute approximate surface area is 151 Å². The van der Waals surface area contributed by atoms with Crippen molar-refractivity contribution in [2.45, 2.75) is 63.5 Å². The SMILES string of the molecule is C[C@]1(c2cccc(F)c2)CCc2c([nH]c(=O)n(C3CCCCC3)c2=O)N1. The van der Waals surface area contributed by atoms with Crippen molar-refractivity contribution in [1.29, 1.82) is 0 Å². The van der Waals surface area contributed by atoms with Gasteiger partial charge in [0.1, 0.15) is 11.6 Å². The molecule has 5 nitrogen and oxygen atoms in total. The Balaban J connectivity index is 1.73. The zero-order valence-electron chi connectivity index (χ0n) is 15.0. The van der Waals surface area contributed by atoms with Crippen LogP contribution < -0.4 is 16.6 Å². The quantitative estimate of drug-likeness (QED) is 0.865. The second-order valence-corrected chi connectivity index (χ2v) is 7.72. The smallest absolute Gasteiger partial charge is 0.330 e. The van der Waals surface area contributed by atoms with Gasteiger partial charge in [0.15, 0.2) is 0 Å². The largest absolute Gasteiger partial charge is 0.362 e. The average Bonchev–Trinajstić information content (AvgIpc) is 2.62. The number of fused-ring (bicyclic) bond motifs is 1. The predicted octanol–water partition coefficient (Wildman–Crippen LogP) is 3.45. The maximum atomic E-state index is 13.6. The molecule has 0 radical (unpaired) electrons. The Hall–Kier alpha value is -2.37. The van der Waals surface area contributed by atoms with E-state index >= 15 is 0 Å². The normalized spacial score (nSPS) is 23.3. The molecule has 0 unspecified atom stereocenters. The van der Waals surface area contributed by atoms with Gasteiger partial charge in [-0.25, -0.2) is 9.18 Å². The third-order valence-corrected chi connectivity index (χ3v) is 5.91. The third kappa shape index (κ3) is 2.87. The topological polar surface area (TPSA) is 66.9 Å². The van der Waals surface area contributed by atoms with Gasteiger partial charge in [-0.3, -0.25) is 14.3 Å². The molecule has 138 valence electrons. The van der Waals surface area contributed by atoms with Crippen molar-refractivity contribution < 1.29 is 4.39 Å². The van der Waals surface area contributed by atoms with Crippen molar-refractivity contribution in [3.63, 3.8) is 0 Å². The van der Waals surface area contributed by atoms with Crippen LogP contribution in [0.15, 0.2) is 33.9 Å². The molecule has 1 fully saturated rings. The highest BCUT2D eigenvalue weighted by molar-refractivity contribution is 5.50. The number of anilines is 1. The second kappa shape index (κ2) is 6.41. The molecule has 1 aliphatic carbocycles. The molecule has 2 aliphatic rings. The summed E-state index contributed by atoms with van der Waals surface area (Å²) in [7, 11) is 0. The molecule has 0 bridgehead atoms. The minimum Gasteiger partial charge on any atom is -0.362 e. The van der Waals surface area contributed by atoms with Gasteiger partial charge in [0, 0.05) is 6.04 Å². The van der Waals surface area contributed by atoms with Gasteiger partial charge in [-0.15, -0.1) is 0 Å². The molecule has 2 heterocycles. The standard InChI is InChI=1S/C20H24FN3O2/c1-20(13-6-5-7-14(21)12-13)11-10-16-17(23-20)22-19(26)24(18(16)25)15-8-3-2-4-9-15/h5-7,12,15,23H,2-4,8-11H2,1H3,(H,22,26)/t20-/m1/s1. The summed E-state index contributed by atoms with van der Waals surface area (Å²) in [6, 6.07) is 6.45. The van der Waals surface area contributed by atoms with E-state index in [4.69, 9.17) is 0 Å². The number of benzene rings is 1. The van der Waals surface area contributed by atoms with Crippen LogP contribution in [0, 0.1) is 5.82 Å². The minimum absolute atomic E-state index is 0.00169. The van der Waals surface area contributed by atoms with E-state index in [1.807, 2.05) is 13.0 Å². The van der Waals surface area contributed by atoms with Crippen LogP contribution in [0.4, 0.5) is 10.2 Å². The summed E-state index contributed by atoms with van der Waals surface area (Å²) in [6.07, 6.45) is 6.27. The molecule has 1 aromatic carbocycles. The molecule has 0 spiro atoms. The highest BCUT2D eigenvalue weighted by Gasteiger charge is 2.34. The van der Waals surface area contributed by atoms with Gasteiger partial charge in [0.2, 0.25) is 0 Å². The summed E-state index contributed by atoms with van der Waals surface area (Å²) in [5, 5.41) is 3.29. The molecule has 2 N–H and O–H groups in total. The molecule has 1 atom stereocenters. The van der Waals surface area contributed by atoms with Gasteiger partial charge in [-0.05, 0) is 50.3 Å². The van der Waals surface area contributed by atoms with E-state index < -0.39 is 5.54 Å². The van der Waals surface area contributed by atoms with Crippen LogP contribution in [0.25, 0.3) is 0 Å². The van der Waals surface area contributed by atoms with Crippen LogP contribution in [-0.4, -0.2) is 9.55 Å². The van der Waals surface area contributed by atoms with Crippen molar-refractivity contribution in [2.75, 3.05) is 5.32 Å². The highest BCUT2D eigenvalue weighted by atomic mass is 19.1. The fourth-order valence-electron chi connectivity index (χ4n) is 4.36. The predicted molar refractivity (Wildman–Crippen MR) is 99.1 cm³/mol. The number of halogens is 1. The number of aromatic nitrogens is 2. The van der Waals surface area contributed by atoms with E-state index in [9.17, 15) is 14.0 Å². The zero-order valence-corrected chi connectivity index (χ0v) is 15.0. The van der Waals surface area contributed by atoms with Crippen molar-refractivity contribution in [1.82, 2.24) is 9.55 Å². The van der Waals surface area contributed by atoms with Gasteiger partial charge in [0.25, 0.3) is 5.56 Å². The number of rotatable bonds is 2. The first-order chi connectivity index (χ1) is 12.5. The van der Waals surface area contributed by atoms with Crippen LogP contribution >= 0.6 is 0 Å². The fourth-order valence-corrected chi connectivity index (χ4v) is 4.36. The van der Waals surface area contributed by atoms with E-state index in [2.05, 4.69) is 10.3 Å². The summed E-state index contributed by atoms with van der Waals surface area (Å²) >= 11 is 0. The lowest BCUT2D eigenvalue weighted by molar-refractivity contribution is 0.333. The van der Waals surface area contributed by atoms with E-state index in [1.54, 1.807) is 6.07 Å². The molecule has 26 heavy (non-hydrogen) atoms. The van der Waals surface area contributed by atoms with E-state index in [0.717, 1.165) is 31.2 Å². The summed E-state index contributed by atoms with van der Waals surface area (Å²) in [6.45, 7) is 1.97. The Morgan fingerprint density at radius 1 is 1.19 bits per heavy atom. The molecule has 1 saturated carbocycles. The van der Waals surface area contributed by atoms with Crippen molar-refractivity contribution >= 4 is 5.82 Å². The lowest BCUT2D eigenvalue weighted by atomic mass is 9.83. The lowest BCUT2D eigenvalue weighted by Crippen LogP contribution is -2.46. The van der Waals surface area contributed by atoms with Crippen molar-refractivity contribution in [2.24, 2.45) is 0 Å². The molecule has 0 amide bonds. The summed E-state index contributed by atoms with van der Waals surface area (Å²) in [5.41, 5.74) is 0.382. The zero-order chi connectivity index (χ0) is 18.3. The van der Waals surface area contributed by atoms with Crippen LogP contribution in [0.1, 0.15) is 62.6 Å². The Bertz CT molecular complexity index is 943. The molecule has 0 saturated heterocycles. The molecular weight excluding hydrogens is 333 g/mol. The van der Waals surface area contributed by atoms with Gasteiger partial charge >= 0.3 is 5.69 Å². The summed E-state index contributed by atoms with van der Waals surface area (Å²) < 4.78 is 15.1. The molecular formula is C20H24FN3O2. The molecule has 1 aliphatic heterocycles. The number of hydrogen-bond acceptors (Lipinski definition) is 3. The van der Waals surface area contributed by atoms with E-state index in [-0.39, 0.29) is 23.1 Å². The lowest BCUT2D eigenvalue weighted by Gasteiger charge is -2.37. The molecule has 2 aromatic rings. The number of H-pyrrole nitrogens is 1. The first-order valence-electron chi connectivity index (χ1n) is 9.40. The Morgan fingerprint density at radius 2 is 1.96 bits per heavy atom. The maximum Gasteiger partial charge on any atom is 0.330 e. The van der Waals surface area contributed by atoms with Gasteiger partial charge in [0.05, 0.1) is 11.1 Å². The average molecular weight is 357 g/mol. The number of aromatic amines is 1. The van der Waals surface area contributed by atoms with Crippen LogP contribution in [0.2, 0.25) is 0 Å². The van der Waals surface area contributed by atoms with Gasteiger partial charge in [-0.2, -0.15) is 0 Å². The maximum absolute atomic E-state index is 13.6. The highest BCUT2D eigenvalue weighted by Crippen LogP contribution is 2.35. The number of nitrogens with zero attached hydrogens (tertiary/aromatic N) is 1. The molecule has 4 rings (SSSR count). The number of nitrogens with one attached hydrogen (secondary N) is 2. The minimum atomic E-state index is -0.526. The monoisotopic (exact) mass is 357 g/mol. The van der Waals surface area contributed by atoms with Crippen LogP contribution in [-0.2, 0) is 12.0 Å². The van der Waals surface area contributed by atoms with Crippen molar-refractivity contribution in [3.8, 4) is 0 Å². The fraction of sp³-hybridized carbons (Fsp3) is 0.500. The first kappa shape index (κ1) is 17.1. The molecule has 6 heteroatoms. The van der Waals surface area contributed by atoms with E-state index in [1.165, 1.54) is 23.1 Å². The number of hydrogen-bond donors (Lipinski definition) is 2. The Kier molecular flexibility index (Phi) is 4.21. The first-order valence-corrected chi connectivity index (χ1v) is 9.40. The van der Waals surface area contributed by atoms with Crippen LogP contribution in [0.5, 0.6) is 0 Å². The molecule has 1 aromatic heterocycles. The summed E-state index contributed by atoms with van der Waals surface area (Å²) in [5.74, 6) is 0.183.